The highest BCUT2D eigenvalue weighted by atomic mass is 16.5. The molecule has 0 aliphatic rings. The third-order valence-corrected chi connectivity index (χ3v) is 3.44. The van der Waals surface area contributed by atoms with Crippen molar-refractivity contribution in [1.82, 2.24) is 5.32 Å². The van der Waals surface area contributed by atoms with Crippen LogP contribution in [0.1, 0.15) is 29.7 Å². The number of hydrogen-bond acceptors (Lipinski definition) is 2. The van der Waals surface area contributed by atoms with E-state index in [0.717, 1.165) is 22.4 Å². The van der Waals surface area contributed by atoms with E-state index in [0.29, 0.717) is 0 Å². The lowest BCUT2D eigenvalue weighted by Gasteiger charge is -2.17. The average molecular weight is 295 g/mol. The van der Waals surface area contributed by atoms with Gasteiger partial charge in [-0.1, -0.05) is 48.0 Å². The van der Waals surface area contributed by atoms with Gasteiger partial charge in [-0.2, -0.15) is 0 Å². The van der Waals surface area contributed by atoms with Crippen molar-refractivity contribution in [3.05, 3.63) is 71.3 Å². The van der Waals surface area contributed by atoms with E-state index in [1.165, 1.54) is 0 Å². The molecule has 0 unspecified atom stereocenters. The molecule has 0 radical (unpaired) electrons. The summed E-state index contributed by atoms with van der Waals surface area (Å²) in [6.07, 6.45) is 3.35. The molecule has 114 valence electrons. The first-order chi connectivity index (χ1) is 10.6. The Morgan fingerprint density at radius 1 is 1.18 bits per heavy atom. The Hall–Kier alpha value is -2.55. The predicted molar refractivity (Wildman–Crippen MR) is 89.8 cm³/mol. The Balaban J connectivity index is 2.05. The van der Waals surface area contributed by atoms with Gasteiger partial charge in [0.05, 0.1) is 13.2 Å². The SMILES string of the molecule is COc1ccc(C)cc1[C@@H](C)NC(=O)/C=C/c1ccccc1. The lowest BCUT2D eigenvalue weighted by molar-refractivity contribution is -0.117. The molecule has 0 saturated heterocycles. The fourth-order valence-electron chi connectivity index (χ4n) is 2.27. The average Bonchev–Trinajstić information content (AvgIpc) is 2.54. The summed E-state index contributed by atoms with van der Waals surface area (Å²) in [5, 5.41) is 2.96. The zero-order valence-corrected chi connectivity index (χ0v) is 13.2. The number of benzene rings is 2. The van der Waals surface area contributed by atoms with E-state index in [4.69, 9.17) is 4.74 Å². The van der Waals surface area contributed by atoms with Gasteiger partial charge in [-0.15, -0.1) is 0 Å². The molecule has 1 atom stereocenters. The molecule has 3 nitrogen and oxygen atoms in total. The fourth-order valence-corrected chi connectivity index (χ4v) is 2.27. The van der Waals surface area contributed by atoms with Gasteiger partial charge in [0.15, 0.2) is 0 Å². The van der Waals surface area contributed by atoms with Crippen LogP contribution in [-0.2, 0) is 4.79 Å². The first-order valence-electron chi connectivity index (χ1n) is 7.28. The van der Waals surface area contributed by atoms with Gasteiger partial charge < -0.3 is 10.1 Å². The first kappa shape index (κ1) is 15.8. The molecule has 0 heterocycles. The molecule has 0 aromatic heterocycles. The minimum absolute atomic E-state index is 0.122. The van der Waals surface area contributed by atoms with Gasteiger partial charge in [-0.25, -0.2) is 0 Å². The van der Waals surface area contributed by atoms with Crippen molar-refractivity contribution in [1.29, 1.82) is 0 Å². The van der Waals surface area contributed by atoms with Crippen LogP contribution in [0.4, 0.5) is 0 Å². The Morgan fingerprint density at radius 3 is 2.59 bits per heavy atom. The molecule has 0 spiro atoms. The van der Waals surface area contributed by atoms with Crippen LogP contribution in [0, 0.1) is 6.92 Å². The van der Waals surface area contributed by atoms with Gasteiger partial charge in [-0.05, 0) is 31.6 Å². The fraction of sp³-hybridized carbons (Fsp3) is 0.211. The quantitative estimate of drug-likeness (QED) is 0.850. The Bertz CT molecular complexity index is 662. The Kier molecular flexibility index (Phi) is 5.37. The van der Waals surface area contributed by atoms with Crippen LogP contribution in [0.5, 0.6) is 5.75 Å². The lowest BCUT2D eigenvalue weighted by Crippen LogP contribution is -2.25. The topological polar surface area (TPSA) is 38.3 Å². The predicted octanol–water partition coefficient (Wildman–Crippen LogP) is 3.89. The molecule has 1 N–H and O–H groups in total. The third-order valence-electron chi connectivity index (χ3n) is 3.44. The monoisotopic (exact) mass is 295 g/mol. The van der Waals surface area contributed by atoms with Crippen LogP contribution in [0.2, 0.25) is 0 Å². The zero-order chi connectivity index (χ0) is 15.9. The van der Waals surface area contributed by atoms with Gasteiger partial charge in [0.1, 0.15) is 5.75 Å². The lowest BCUT2D eigenvalue weighted by atomic mass is 10.0. The summed E-state index contributed by atoms with van der Waals surface area (Å²) in [7, 11) is 1.64. The number of nitrogens with one attached hydrogen (secondary N) is 1. The van der Waals surface area contributed by atoms with Gasteiger partial charge in [0.2, 0.25) is 5.91 Å². The molecule has 0 aliphatic carbocycles. The molecule has 2 aromatic rings. The molecule has 22 heavy (non-hydrogen) atoms. The highest BCUT2D eigenvalue weighted by Crippen LogP contribution is 2.25. The van der Waals surface area contributed by atoms with E-state index in [1.807, 2.05) is 62.4 Å². The van der Waals surface area contributed by atoms with Gasteiger partial charge in [0, 0.05) is 11.6 Å². The summed E-state index contributed by atoms with van der Waals surface area (Å²) < 4.78 is 5.36. The number of aryl methyl sites for hydroxylation is 1. The molecule has 1 amide bonds. The van der Waals surface area contributed by atoms with E-state index in [1.54, 1.807) is 19.3 Å². The van der Waals surface area contributed by atoms with Crippen molar-refractivity contribution in [2.75, 3.05) is 7.11 Å². The molecule has 2 aromatic carbocycles. The molecule has 3 heteroatoms. The minimum Gasteiger partial charge on any atom is -0.496 e. The highest BCUT2D eigenvalue weighted by Gasteiger charge is 2.13. The van der Waals surface area contributed by atoms with Crippen LogP contribution in [0.15, 0.2) is 54.6 Å². The van der Waals surface area contributed by atoms with Crippen LogP contribution in [0.3, 0.4) is 0 Å². The number of carbonyl (C=O) groups is 1. The maximum atomic E-state index is 12.0. The molecule has 0 bridgehead atoms. The third kappa shape index (κ3) is 4.22. The van der Waals surface area contributed by atoms with Crippen molar-refractivity contribution >= 4 is 12.0 Å². The van der Waals surface area contributed by atoms with Crippen molar-refractivity contribution in [3.8, 4) is 5.75 Å². The number of methoxy groups -OCH3 is 1. The molecule has 0 fully saturated rings. The Morgan fingerprint density at radius 2 is 1.91 bits per heavy atom. The summed E-state index contributed by atoms with van der Waals surface area (Å²) in [6.45, 7) is 3.97. The van der Waals surface area contributed by atoms with Crippen LogP contribution >= 0.6 is 0 Å². The number of carbonyl (C=O) groups excluding carboxylic acids is 1. The van der Waals surface area contributed by atoms with E-state index in [-0.39, 0.29) is 11.9 Å². The minimum atomic E-state index is -0.125. The highest BCUT2D eigenvalue weighted by molar-refractivity contribution is 5.92. The molecular weight excluding hydrogens is 274 g/mol. The number of amides is 1. The smallest absolute Gasteiger partial charge is 0.244 e. The standard InChI is InChI=1S/C19H21NO2/c1-14-9-11-18(22-3)17(13-14)15(2)20-19(21)12-10-16-7-5-4-6-8-16/h4-13,15H,1-3H3,(H,20,21)/b12-10+/t15-/m1/s1. The second-order valence-electron chi connectivity index (χ2n) is 5.22. The van der Waals surface area contributed by atoms with Crippen LogP contribution in [0.25, 0.3) is 6.08 Å². The first-order valence-corrected chi connectivity index (χ1v) is 7.28. The van der Waals surface area contributed by atoms with Gasteiger partial charge in [-0.3, -0.25) is 4.79 Å². The summed E-state index contributed by atoms with van der Waals surface area (Å²) in [5.74, 6) is 0.658. The second-order valence-corrected chi connectivity index (χ2v) is 5.22. The summed E-state index contributed by atoms with van der Waals surface area (Å²) >= 11 is 0. The van der Waals surface area contributed by atoms with Crippen LogP contribution < -0.4 is 10.1 Å². The second kappa shape index (κ2) is 7.46. The molecule has 0 saturated carbocycles. The molecule has 2 rings (SSSR count). The van der Waals surface area contributed by atoms with Crippen molar-refractivity contribution in [2.45, 2.75) is 19.9 Å². The molecule has 0 aliphatic heterocycles. The number of ether oxygens (including phenoxy) is 1. The van der Waals surface area contributed by atoms with E-state index < -0.39 is 0 Å². The van der Waals surface area contributed by atoms with Crippen molar-refractivity contribution in [3.63, 3.8) is 0 Å². The Labute approximate surface area is 131 Å². The number of rotatable bonds is 5. The normalized spacial score (nSPS) is 12.1. The number of hydrogen-bond donors (Lipinski definition) is 1. The van der Waals surface area contributed by atoms with Crippen molar-refractivity contribution in [2.24, 2.45) is 0 Å². The van der Waals surface area contributed by atoms with E-state index in [9.17, 15) is 4.79 Å². The summed E-state index contributed by atoms with van der Waals surface area (Å²) in [6, 6.07) is 15.6. The van der Waals surface area contributed by atoms with Crippen molar-refractivity contribution < 1.29 is 9.53 Å². The molecular formula is C19H21NO2. The van der Waals surface area contributed by atoms with Gasteiger partial charge in [0.25, 0.3) is 0 Å². The van der Waals surface area contributed by atoms with Gasteiger partial charge >= 0.3 is 0 Å². The summed E-state index contributed by atoms with van der Waals surface area (Å²) in [4.78, 5) is 12.0. The maximum Gasteiger partial charge on any atom is 0.244 e. The maximum absolute atomic E-state index is 12.0. The van der Waals surface area contributed by atoms with E-state index in [2.05, 4.69) is 5.32 Å². The van der Waals surface area contributed by atoms with Crippen LogP contribution in [-0.4, -0.2) is 13.0 Å². The zero-order valence-electron chi connectivity index (χ0n) is 13.2. The largest absolute Gasteiger partial charge is 0.496 e. The summed E-state index contributed by atoms with van der Waals surface area (Å²) in [5.41, 5.74) is 3.11. The van der Waals surface area contributed by atoms with E-state index >= 15 is 0 Å².